The molecular weight excluding hydrogens is 378 g/mol. The topological polar surface area (TPSA) is 83.7 Å². The van der Waals surface area contributed by atoms with Crippen LogP contribution in [0.1, 0.15) is 29.1 Å². The summed E-state index contributed by atoms with van der Waals surface area (Å²) >= 11 is 0. The Morgan fingerprint density at radius 3 is 2.46 bits per heavy atom. The number of nitrogens with zero attached hydrogens (tertiary/aromatic N) is 3. The first kappa shape index (κ1) is 19.8. The number of anilines is 1. The van der Waals surface area contributed by atoms with Crippen molar-refractivity contribution < 1.29 is 17.6 Å². The highest BCUT2D eigenvalue weighted by molar-refractivity contribution is 7.89. The number of amides is 1. The third-order valence-corrected chi connectivity index (χ3v) is 6.13. The first-order chi connectivity index (χ1) is 13.3. The minimum absolute atomic E-state index is 0.0509. The van der Waals surface area contributed by atoms with Gasteiger partial charge in [-0.15, -0.1) is 0 Å². The maximum atomic E-state index is 13.4. The largest absolute Gasteiger partial charge is 0.467 e. The minimum Gasteiger partial charge on any atom is -0.467 e. The number of hydrogen-bond donors (Lipinski definition) is 0. The van der Waals surface area contributed by atoms with Gasteiger partial charge in [0.25, 0.3) is 5.91 Å². The fraction of sp³-hybridized carbons (Fsp3) is 0.200. The molecule has 8 heteroatoms. The van der Waals surface area contributed by atoms with Crippen LogP contribution in [-0.4, -0.2) is 37.7 Å². The summed E-state index contributed by atoms with van der Waals surface area (Å²) in [4.78, 5) is 19.2. The van der Waals surface area contributed by atoms with E-state index in [1.54, 1.807) is 48.7 Å². The summed E-state index contributed by atoms with van der Waals surface area (Å²) in [6.45, 7) is 1.83. The number of pyridine rings is 1. The van der Waals surface area contributed by atoms with E-state index in [1.165, 1.54) is 37.4 Å². The van der Waals surface area contributed by atoms with Gasteiger partial charge >= 0.3 is 0 Å². The molecule has 0 fully saturated rings. The number of sulfonamides is 1. The number of benzene rings is 1. The lowest BCUT2D eigenvalue weighted by atomic mass is 10.1. The Balaban J connectivity index is 2.06. The average Bonchev–Trinajstić information content (AvgIpc) is 3.23. The first-order valence-electron chi connectivity index (χ1n) is 8.63. The monoisotopic (exact) mass is 399 g/mol. The van der Waals surface area contributed by atoms with Crippen LogP contribution >= 0.6 is 0 Å². The molecule has 1 amide bonds. The highest BCUT2D eigenvalue weighted by atomic mass is 32.2. The summed E-state index contributed by atoms with van der Waals surface area (Å²) in [6, 6.07) is 14.3. The summed E-state index contributed by atoms with van der Waals surface area (Å²) < 4.78 is 31.5. The fourth-order valence-corrected chi connectivity index (χ4v) is 3.72. The smallest absolute Gasteiger partial charge is 0.260 e. The molecule has 1 aromatic carbocycles. The molecule has 0 N–H and O–H groups in total. The van der Waals surface area contributed by atoms with Crippen molar-refractivity contribution in [3.8, 4) is 0 Å². The number of carbonyl (C=O) groups is 1. The van der Waals surface area contributed by atoms with Crippen LogP contribution in [0, 0.1) is 0 Å². The van der Waals surface area contributed by atoms with E-state index in [2.05, 4.69) is 4.98 Å². The van der Waals surface area contributed by atoms with Crippen LogP contribution < -0.4 is 4.90 Å². The van der Waals surface area contributed by atoms with Crippen molar-refractivity contribution in [2.45, 2.75) is 17.9 Å². The Hall–Kier alpha value is -2.97. The molecule has 0 aliphatic carbocycles. The summed E-state index contributed by atoms with van der Waals surface area (Å²) in [6.07, 6.45) is 3.13. The number of carbonyl (C=O) groups excluding carboxylic acids is 1. The Kier molecular flexibility index (Phi) is 5.62. The number of hydrogen-bond acceptors (Lipinski definition) is 5. The Bertz CT molecular complexity index is 1050. The van der Waals surface area contributed by atoms with Crippen LogP contribution in [0.25, 0.3) is 0 Å². The predicted octanol–water partition coefficient (Wildman–Crippen LogP) is 3.33. The van der Waals surface area contributed by atoms with Crippen LogP contribution in [0.2, 0.25) is 0 Å². The summed E-state index contributed by atoms with van der Waals surface area (Å²) in [5, 5.41) is 0. The summed E-state index contributed by atoms with van der Waals surface area (Å²) in [5.74, 6) is 0.659. The SMILES string of the molecule is C[C@H](c1ccco1)N(C(=O)c1cccc(S(=O)(=O)N(C)C)c1)c1ccccn1. The molecule has 2 heterocycles. The molecule has 3 aromatic rings. The Morgan fingerprint density at radius 1 is 1.07 bits per heavy atom. The van der Waals surface area contributed by atoms with Crippen molar-refractivity contribution in [3.63, 3.8) is 0 Å². The predicted molar refractivity (Wildman–Crippen MR) is 105 cm³/mol. The Labute approximate surface area is 164 Å². The van der Waals surface area contributed by atoms with Gasteiger partial charge in [-0.2, -0.15) is 0 Å². The third-order valence-electron chi connectivity index (χ3n) is 4.32. The molecule has 0 spiro atoms. The molecule has 0 saturated heterocycles. The maximum Gasteiger partial charge on any atom is 0.260 e. The second-order valence-corrected chi connectivity index (χ2v) is 8.52. The van der Waals surface area contributed by atoms with E-state index in [4.69, 9.17) is 4.42 Å². The van der Waals surface area contributed by atoms with Crippen molar-refractivity contribution in [1.82, 2.24) is 9.29 Å². The van der Waals surface area contributed by atoms with Crippen molar-refractivity contribution in [2.24, 2.45) is 0 Å². The molecule has 28 heavy (non-hydrogen) atoms. The Morgan fingerprint density at radius 2 is 1.86 bits per heavy atom. The second kappa shape index (κ2) is 7.95. The van der Waals surface area contributed by atoms with Gasteiger partial charge in [0, 0.05) is 25.9 Å². The van der Waals surface area contributed by atoms with Gasteiger partial charge in [0.05, 0.1) is 17.2 Å². The van der Waals surface area contributed by atoms with E-state index >= 15 is 0 Å². The molecule has 0 aliphatic rings. The second-order valence-electron chi connectivity index (χ2n) is 6.37. The lowest BCUT2D eigenvalue weighted by molar-refractivity contribution is 0.0974. The standard InChI is InChI=1S/C20H21N3O4S/c1-15(18-10-7-13-27-18)23(19-11-4-5-12-21-19)20(24)16-8-6-9-17(14-16)28(25,26)22(2)3/h4-15H,1-3H3/t15-/m1/s1. The van der Waals surface area contributed by atoms with Crippen LogP contribution in [0.5, 0.6) is 0 Å². The van der Waals surface area contributed by atoms with E-state index in [-0.39, 0.29) is 16.4 Å². The summed E-state index contributed by atoms with van der Waals surface area (Å²) in [5.41, 5.74) is 0.243. The lowest BCUT2D eigenvalue weighted by Gasteiger charge is -2.27. The van der Waals surface area contributed by atoms with Gasteiger partial charge < -0.3 is 4.42 Å². The normalized spacial score (nSPS) is 12.7. The zero-order valence-electron chi connectivity index (χ0n) is 15.8. The number of aromatic nitrogens is 1. The number of furan rings is 1. The third kappa shape index (κ3) is 3.83. The van der Waals surface area contributed by atoms with Crippen molar-refractivity contribution >= 4 is 21.7 Å². The van der Waals surface area contributed by atoms with E-state index in [9.17, 15) is 13.2 Å². The molecule has 1 atom stereocenters. The van der Waals surface area contributed by atoms with E-state index in [0.717, 1.165) is 4.31 Å². The van der Waals surface area contributed by atoms with E-state index in [1.807, 2.05) is 6.92 Å². The molecular formula is C20H21N3O4S. The number of rotatable bonds is 6. The van der Waals surface area contributed by atoms with Gasteiger partial charge in [-0.05, 0) is 49.4 Å². The molecule has 0 saturated carbocycles. The average molecular weight is 399 g/mol. The van der Waals surface area contributed by atoms with Gasteiger partial charge in [0.1, 0.15) is 11.6 Å². The first-order valence-corrected chi connectivity index (χ1v) is 10.1. The zero-order valence-corrected chi connectivity index (χ0v) is 16.6. The molecule has 3 rings (SSSR count). The highest BCUT2D eigenvalue weighted by Crippen LogP contribution is 2.28. The molecule has 2 aromatic heterocycles. The summed E-state index contributed by atoms with van der Waals surface area (Å²) in [7, 11) is -0.763. The molecule has 146 valence electrons. The molecule has 0 radical (unpaired) electrons. The van der Waals surface area contributed by atoms with Crippen LogP contribution in [0.15, 0.2) is 76.4 Å². The van der Waals surface area contributed by atoms with Crippen LogP contribution in [0.3, 0.4) is 0 Å². The van der Waals surface area contributed by atoms with Crippen LogP contribution in [-0.2, 0) is 10.0 Å². The zero-order chi connectivity index (χ0) is 20.3. The molecule has 0 aliphatic heterocycles. The van der Waals surface area contributed by atoms with Crippen molar-refractivity contribution in [1.29, 1.82) is 0 Å². The van der Waals surface area contributed by atoms with Crippen molar-refractivity contribution in [3.05, 3.63) is 78.4 Å². The fourth-order valence-electron chi connectivity index (χ4n) is 2.77. The van der Waals surface area contributed by atoms with Gasteiger partial charge in [-0.1, -0.05) is 12.1 Å². The molecule has 7 nitrogen and oxygen atoms in total. The van der Waals surface area contributed by atoms with Crippen LogP contribution in [0.4, 0.5) is 5.82 Å². The van der Waals surface area contributed by atoms with Gasteiger partial charge in [-0.25, -0.2) is 17.7 Å². The molecule has 0 bridgehead atoms. The van der Waals surface area contributed by atoms with Gasteiger partial charge in [-0.3, -0.25) is 9.69 Å². The maximum absolute atomic E-state index is 13.4. The quantitative estimate of drug-likeness (QED) is 0.635. The lowest BCUT2D eigenvalue weighted by Crippen LogP contribution is -2.34. The van der Waals surface area contributed by atoms with Gasteiger partial charge in [0.2, 0.25) is 10.0 Å². The van der Waals surface area contributed by atoms with Crippen molar-refractivity contribution in [2.75, 3.05) is 19.0 Å². The van der Waals surface area contributed by atoms with E-state index in [0.29, 0.717) is 11.6 Å². The molecule has 0 unspecified atom stereocenters. The highest BCUT2D eigenvalue weighted by Gasteiger charge is 2.28. The van der Waals surface area contributed by atoms with Gasteiger partial charge in [0.15, 0.2) is 0 Å². The minimum atomic E-state index is -3.66. The van der Waals surface area contributed by atoms with E-state index < -0.39 is 16.1 Å².